The summed E-state index contributed by atoms with van der Waals surface area (Å²) < 4.78 is 29.8. The summed E-state index contributed by atoms with van der Waals surface area (Å²) in [6.07, 6.45) is -1.45. The Balaban J connectivity index is 2.26. The van der Waals surface area contributed by atoms with E-state index in [1.807, 2.05) is 24.3 Å². The molecule has 0 amide bonds. The number of ether oxygens (including phenoxy) is 1. The van der Waals surface area contributed by atoms with Crippen LogP contribution >= 0.6 is 0 Å². The van der Waals surface area contributed by atoms with E-state index in [1.54, 1.807) is 6.07 Å². The van der Waals surface area contributed by atoms with Crippen molar-refractivity contribution in [2.45, 2.75) is 26.3 Å². The molecule has 1 aromatic carbocycles. The molecule has 108 valence electrons. The standard InChI is InChI=1S/C15H18F2N2O/c1-2-7-18-9-11-8-14(20-10-15(16)17)12-5-3-4-6-13(12)19-11/h3-6,8,15,18H,2,7,9-10H2,1H3. The highest BCUT2D eigenvalue weighted by Crippen LogP contribution is 2.25. The van der Waals surface area contributed by atoms with Crippen LogP contribution in [0.4, 0.5) is 8.78 Å². The second-order valence-corrected chi connectivity index (χ2v) is 4.51. The van der Waals surface area contributed by atoms with Crippen LogP contribution in [0.1, 0.15) is 19.0 Å². The minimum Gasteiger partial charge on any atom is -0.487 e. The largest absolute Gasteiger partial charge is 0.487 e. The van der Waals surface area contributed by atoms with Crippen LogP contribution in [-0.4, -0.2) is 24.6 Å². The highest BCUT2D eigenvalue weighted by atomic mass is 19.3. The molecule has 1 aromatic heterocycles. The number of nitrogens with one attached hydrogen (secondary N) is 1. The van der Waals surface area contributed by atoms with Crippen molar-refractivity contribution in [1.82, 2.24) is 10.3 Å². The van der Waals surface area contributed by atoms with E-state index in [2.05, 4.69) is 17.2 Å². The van der Waals surface area contributed by atoms with Gasteiger partial charge in [-0.1, -0.05) is 19.1 Å². The molecule has 5 heteroatoms. The van der Waals surface area contributed by atoms with E-state index in [4.69, 9.17) is 4.74 Å². The maximum absolute atomic E-state index is 12.3. The molecule has 2 rings (SSSR count). The summed E-state index contributed by atoms with van der Waals surface area (Å²) >= 11 is 0. The number of nitrogens with zero attached hydrogens (tertiary/aromatic N) is 1. The fourth-order valence-corrected chi connectivity index (χ4v) is 1.95. The van der Waals surface area contributed by atoms with Crippen LogP contribution in [0.5, 0.6) is 5.75 Å². The Morgan fingerprint density at radius 3 is 2.85 bits per heavy atom. The van der Waals surface area contributed by atoms with Crippen LogP contribution in [0, 0.1) is 0 Å². The zero-order valence-corrected chi connectivity index (χ0v) is 11.4. The third kappa shape index (κ3) is 3.87. The van der Waals surface area contributed by atoms with Gasteiger partial charge in [0.1, 0.15) is 12.4 Å². The van der Waals surface area contributed by atoms with Gasteiger partial charge in [0.2, 0.25) is 0 Å². The molecule has 0 aliphatic heterocycles. The Kier molecular flexibility index (Phi) is 5.24. The normalized spacial score (nSPS) is 11.2. The lowest BCUT2D eigenvalue weighted by molar-refractivity contribution is 0.0826. The smallest absolute Gasteiger partial charge is 0.272 e. The van der Waals surface area contributed by atoms with Crippen molar-refractivity contribution >= 4 is 10.9 Å². The molecule has 3 nitrogen and oxygen atoms in total. The van der Waals surface area contributed by atoms with E-state index in [9.17, 15) is 8.78 Å². The van der Waals surface area contributed by atoms with Gasteiger partial charge < -0.3 is 10.1 Å². The van der Waals surface area contributed by atoms with E-state index in [1.165, 1.54) is 0 Å². The van der Waals surface area contributed by atoms with Gasteiger partial charge in [-0.25, -0.2) is 8.78 Å². The lowest BCUT2D eigenvalue weighted by atomic mass is 10.2. The van der Waals surface area contributed by atoms with Crippen molar-refractivity contribution in [3.05, 3.63) is 36.0 Å². The average molecular weight is 280 g/mol. The third-order valence-electron chi connectivity index (χ3n) is 2.83. The van der Waals surface area contributed by atoms with Gasteiger partial charge >= 0.3 is 0 Å². The fourth-order valence-electron chi connectivity index (χ4n) is 1.95. The first-order chi connectivity index (χ1) is 9.70. The summed E-state index contributed by atoms with van der Waals surface area (Å²) in [5.41, 5.74) is 1.55. The van der Waals surface area contributed by atoms with Crippen LogP contribution in [-0.2, 0) is 6.54 Å². The van der Waals surface area contributed by atoms with E-state index in [-0.39, 0.29) is 0 Å². The summed E-state index contributed by atoms with van der Waals surface area (Å²) in [5.74, 6) is 0.462. The Hall–Kier alpha value is -1.75. The molecule has 0 atom stereocenters. The van der Waals surface area contributed by atoms with E-state index in [0.717, 1.165) is 29.6 Å². The zero-order chi connectivity index (χ0) is 14.4. The molecule has 0 aliphatic carbocycles. The number of pyridine rings is 1. The first-order valence-corrected chi connectivity index (χ1v) is 6.71. The minimum absolute atomic E-state index is 0.462. The number of hydrogen-bond acceptors (Lipinski definition) is 3. The highest BCUT2D eigenvalue weighted by Gasteiger charge is 2.09. The highest BCUT2D eigenvalue weighted by molar-refractivity contribution is 5.85. The van der Waals surface area contributed by atoms with Gasteiger partial charge in [0.05, 0.1) is 11.2 Å². The van der Waals surface area contributed by atoms with Crippen molar-refractivity contribution < 1.29 is 13.5 Å². The Labute approximate surface area is 117 Å². The zero-order valence-electron chi connectivity index (χ0n) is 11.4. The molecular formula is C15H18F2N2O. The summed E-state index contributed by atoms with van der Waals surface area (Å²) in [6, 6.07) is 9.12. The summed E-state index contributed by atoms with van der Waals surface area (Å²) in [5, 5.41) is 4.00. The number of fused-ring (bicyclic) bond motifs is 1. The van der Waals surface area contributed by atoms with E-state index in [0.29, 0.717) is 12.3 Å². The first-order valence-electron chi connectivity index (χ1n) is 6.71. The average Bonchev–Trinajstić information content (AvgIpc) is 2.45. The molecule has 0 radical (unpaired) electrons. The summed E-state index contributed by atoms with van der Waals surface area (Å²) in [7, 11) is 0. The molecule has 2 aromatic rings. The number of hydrogen-bond donors (Lipinski definition) is 1. The van der Waals surface area contributed by atoms with Crippen molar-refractivity contribution in [1.29, 1.82) is 0 Å². The Morgan fingerprint density at radius 2 is 2.10 bits per heavy atom. The maximum atomic E-state index is 12.3. The molecule has 0 aliphatic rings. The molecule has 0 saturated carbocycles. The van der Waals surface area contributed by atoms with Gasteiger partial charge in [-0.3, -0.25) is 4.98 Å². The lowest BCUT2D eigenvalue weighted by Gasteiger charge is -2.11. The molecule has 20 heavy (non-hydrogen) atoms. The lowest BCUT2D eigenvalue weighted by Crippen LogP contribution is -2.15. The Bertz CT molecular complexity index is 561. The molecular weight excluding hydrogens is 262 g/mol. The predicted octanol–water partition coefficient (Wildman–Crippen LogP) is 3.38. The van der Waals surface area contributed by atoms with Crippen molar-refractivity contribution in [2.24, 2.45) is 0 Å². The molecule has 0 saturated heterocycles. The second kappa shape index (κ2) is 7.14. The van der Waals surface area contributed by atoms with Crippen molar-refractivity contribution in [3.63, 3.8) is 0 Å². The topological polar surface area (TPSA) is 34.1 Å². The monoisotopic (exact) mass is 280 g/mol. The summed E-state index contributed by atoms with van der Waals surface area (Å²) in [4.78, 5) is 4.50. The Morgan fingerprint density at radius 1 is 1.30 bits per heavy atom. The minimum atomic E-state index is -2.48. The third-order valence-corrected chi connectivity index (χ3v) is 2.83. The quantitative estimate of drug-likeness (QED) is 0.789. The van der Waals surface area contributed by atoms with Crippen LogP contribution < -0.4 is 10.1 Å². The number of rotatable bonds is 7. The predicted molar refractivity (Wildman–Crippen MR) is 75.2 cm³/mol. The van der Waals surface area contributed by atoms with Gasteiger partial charge in [0.15, 0.2) is 0 Å². The van der Waals surface area contributed by atoms with E-state index >= 15 is 0 Å². The molecule has 0 fully saturated rings. The van der Waals surface area contributed by atoms with Gasteiger partial charge in [0, 0.05) is 18.0 Å². The van der Waals surface area contributed by atoms with Crippen molar-refractivity contribution in [2.75, 3.05) is 13.2 Å². The number of alkyl halides is 2. The maximum Gasteiger partial charge on any atom is 0.272 e. The van der Waals surface area contributed by atoms with Crippen molar-refractivity contribution in [3.8, 4) is 5.75 Å². The van der Waals surface area contributed by atoms with Crippen LogP contribution in [0.15, 0.2) is 30.3 Å². The van der Waals surface area contributed by atoms with Crippen LogP contribution in [0.2, 0.25) is 0 Å². The number of aromatic nitrogens is 1. The number of para-hydroxylation sites is 1. The number of halogens is 2. The molecule has 1 N–H and O–H groups in total. The van der Waals surface area contributed by atoms with Gasteiger partial charge in [-0.2, -0.15) is 0 Å². The fraction of sp³-hybridized carbons (Fsp3) is 0.400. The second-order valence-electron chi connectivity index (χ2n) is 4.51. The molecule has 1 heterocycles. The van der Waals surface area contributed by atoms with Gasteiger partial charge in [-0.15, -0.1) is 0 Å². The van der Waals surface area contributed by atoms with Gasteiger partial charge in [0.25, 0.3) is 6.43 Å². The SMILES string of the molecule is CCCNCc1cc(OCC(F)F)c2ccccc2n1. The molecule has 0 bridgehead atoms. The molecule has 0 unspecified atom stereocenters. The van der Waals surface area contributed by atoms with Crippen LogP contribution in [0.3, 0.4) is 0 Å². The van der Waals surface area contributed by atoms with Crippen LogP contribution in [0.25, 0.3) is 10.9 Å². The molecule has 0 spiro atoms. The number of benzene rings is 1. The summed E-state index contributed by atoms with van der Waals surface area (Å²) in [6.45, 7) is 2.97. The van der Waals surface area contributed by atoms with Gasteiger partial charge in [-0.05, 0) is 25.1 Å². The van der Waals surface area contributed by atoms with E-state index < -0.39 is 13.0 Å². The first kappa shape index (κ1) is 14.7.